The Morgan fingerprint density at radius 3 is 2.57 bits per heavy atom. The van der Waals surface area contributed by atoms with Gasteiger partial charge in [-0.25, -0.2) is 4.39 Å². The summed E-state index contributed by atoms with van der Waals surface area (Å²) in [6.45, 7) is 0.358. The van der Waals surface area contributed by atoms with E-state index in [2.05, 4.69) is 5.10 Å². The van der Waals surface area contributed by atoms with Crippen molar-refractivity contribution in [1.29, 1.82) is 0 Å². The second-order valence-electron chi connectivity index (χ2n) is 5.47. The Kier molecular flexibility index (Phi) is 3.77. The minimum Gasteiger partial charge on any atom is -0.338 e. The quantitative estimate of drug-likeness (QED) is 0.478. The fourth-order valence-corrected chi connectivity index (χ4v) is 2.59. The molecule has 1 saturated heterocycles. The fraction of sp³-hybridized carbons (Fsp3) is 0.250. The summed E-state index contributed by atoms with van der Waals surface area (Å²) in [4.78, 5) is 37.2. The van der Waals surface area contributed by atoms with E-state index in [0.29, 0.717) is 0 Å². The molecule has 2 aromatic rings. The SMILES string of the molecule is CN1CC(C(=O)c2ccnn2Cc2ccc(F)cc2)C(=O)C1=O. The van der Waals surface area contributed by atoms with E-state index >= 15 is 0 Å². The predicted octanol–water partition coefficient (Wildman–Crippen LogP) is 0.911. The van der Waals surface area contributed by atoms with Crippen molar-refractivity contribution in [2.75, 3.05) is 13.6 Å². The molecule has 23 heavy (non-hydrogen) atoms. The average Bonchev–Trinajstić information content (AvgIpc) is 3.09. The molecule has 0 N–H and O–H groups in total. The molecule has 7 heteroatoms. The average molecular weight is 315 g/mol. The minimum atomic E-state index is -0.990. The summed E-state index contributed by atoms with van der Waals surface area (Å²) >= 11 is 0. The van der Waals surface area contributed by atoms with E-state index in [9.17, 15) is 18.8 Å². The van der Waals surface area contributed by atoms with Crippen LogP contribution < -0.4 is 0 Å². The van der Waals surface area contributed by atoms with Crippen molar-refractivity contribution in [3.63, 3.8) is 0 Å². The summed E-state index contributed by atoms with van der Waals surface area (Å²) < 4.78 is 14.4. The van der Waals surface area contributed by atoms with Gasteiger partial charge in [0, 0.05) is 19.8 Å². The zero-order valence-electron chi connectivity index (χ0n) is 12.4. The molecular formula is C16H14FN3O3. The normalized spacial score (nSPS) is 17.8. The van der Waals surface area contributed by atoms with Crippen LogP contribution in [-0.2, 0) is 16.1 Å². The van der Waals surface area contributed by atoms with Crippen LogP contribution in [0.2, 0.25) is 0 Å². The number of hydrogen-bond donors (Lipinski definition) is 0. The highest BCUT2D eigenvalue weighted by Gasteiger charge is 2.42. The molecule has 1 aromatic heterocycles. The van der Waals surface area contributed by atoms with Gasteiger partial charge in [0.1, 0.15) is 17.4 Å². The maximum absolute atomic E-state index is 12.9. The number of hydrogen-bond acceptors (Lipinski definition) is 4. The molecule has 1 fully saturated rings. The molecule has 1 aromatic carbocycles. The molecule has 1 atom stereocenters. The van der Waals surface area contributed by atoms with E-state index < -0.39 is 23.4 Å². The Hall–Kier alpha value is -2.83. The first kappa shape index (κ1) is 15.1. The van der Waals surface area contributed by atoms with Crippen LogP contribution in [0.15, 0.2) is 36.5 Å². The van der Waals surface area contributed by atoms with Crippen molar-refractivity contribution in [1.82, 2.24) is 14.7 Å². The first-order valence-corrected chi connectivity index (χ1v) is 7.07. The van der Waals surface area contributed by atoms with Crippen LogP contribution in [0.1, 0.15) is 16.1 Å². The third-order valence-corrected chi connectivity index (χ3v) is 3.86. The number of benzene rings is 1. The van der Waals surface area contributed by atoms with Gasteiger partial charge in [-0.1, -0.05) is 12.1 Å². The standard InChI is InChI=1S/C16H14FN3O3/c1-19-9-12(15(22)16(19)23)14(21)13-6-7-18-20(13)8-10-2-4-11(17)5-3-10/h2-7,12H,8-9H2,1H3. The molecule has 118 valence electrons. The Bertz CT molecular complexity index is 782. The molecule has 6 nitrogen and oxygen atoms in total. The zero-order chi connectivity index (χ0) is 16.6. The number of rotatable bonds is 4. The van der Waals surface area contributed by atoms with Crippen molar-refractivity contribution >= 4 is 17.5 Å². The monoisotopic (exact) mass is 315 g/mol. The van der Waals surface area contributed by atoms with Gasteiger partial charge in [-0.2, -0.15) is 5.10 Å². The van der Waals surface area contributed by atoms with Gasteiger partial charge < -0.3 is 4.90 Å². The van der Waals surface area contributed by atoms with Crippen molar-refractivity contribution in [3.8, 4) is 0 Å². The number of likely N-dealkylation sites (tertiary alicyclic amines) is 1. The number of likely N-dealkylation sites (N-methyl/N-ethyl adjacent to an activating group) is 1. The van der Waals surface area contributed by atoms with Crippen LogP contribution in [0, 0.1) is 11.7 Å². The highest BCUT2D eigenvalue weighted by atomic mass is 19.1. The molecule has 0 aliphatic carbocycles. The highest BCUT2D eigenvalue weighted by molar-refractivity contribution is 6.43. The summed E-state index contributed by atoms with van der Waals surface area (Å²) in [5.41, 5.74) is 1.03. The van der Waals surface area contributed by atoms with Crippen molar-refractivity contribution in [2.24, 2.45) is 5.92 Å². The van der Waals surface area contributed by atoms with Gasteiger partial charge in [0.15, 0.2) is 5.78 Å². The zero-order valence-corrected chi connectivity index (χ0v) is 12.4. The maximum Gasteiger partial charge on any atom is 0.290 e. The van der Waals surface area contributed by atoms with E-state index in [1.54, 1.807) is 12.1 Å². The molecule has 0 spiro atoms. The van der Waals surface area contributed by atoms with Crippen LogP contribution in [0.5, 0.6) is 0 Å². The second kappa shape index (κ2) is 5.75. The van der Waals surface area contributed by atoms with E-state index in [1.807, 2.05) is 0 Å². The Balaban J connectivity index is 1.83. The van der Waals surface area contributed by atoms with Crippen LogP contribution in [0.25, 0.3) is 0 Å². The van der Waals surface area contributed by atoms with Crippen LogP contribution in [0.3, 0.4) is 0 Å². The fourth-order valence-electron chi connectivity index (χ4n) is 2.59. The van der Waals surface area contributed by atoms with E-state index in [0.717, 1.165) is 5.56 Å². The van der Waals surface area contributed by atoms with Gasteiger partial charge >= 0.3 is 0 Å². The topological polar surface area (TPSA) is 72.3 Å². The van der Waals surface area contributed by atoms with Gasteiger partial charge in [-0.15, -0.1) is 0 Å². The number of aromatic nitrogens is 2. The predicted molar refractivity (Wildman–Crippen MR) is 78.2 cm³/mol. The number of Topliss-reactive ketones (excluding diaryl/α,β-unsaturated/α-hetero) is 2. The van der Waals surface area contributed by atoms with E-state index in [-0.39, 0.29) is 24.6 Å². The lowest BCUT2D eigenvalue weighted by Gasteiger charge is -2.10. The number of ketones is 2. The van der Waals surface area contributed by atoms with Gasteiger partial charge in [-0.3, -0.25) is 19.1 Å². The third kappa shape index (κ3) is 2.77. The Morgan fingerprint density at radius 2 is 1.96 bits per heavy atom. The van der Waals surface area contributed by atoms with E-state index in [1.165, 1.54) is 41.0 Å². The number of nitrogens with zero attached hydrogens (tertiary/aromatic N) is 3. The summed E-state index contributed by atoms with van der Waals surface area (Å²) in [6, 6.07) is 7.37. The molecule has 3 rings (SSSR count). The lowest BCUT2D eigenvalue weighted by molar-refractivity contribution is -0.139. The van der Waals surface area contributed by atoms with Gasteiger partial charge in [-0.05, 0) is 23.8 Å². The molecule has 0 saturated carbocycles. The van der Waals surface area contributed by atoms with Gasteiger partial charge in [0.05, 0.1) is 6.54 Å². The first-order chi connectivity index (χ1) is 11.0. The van der Waals surface area contributed by atoms with Crippen molar-refractivity contribution < 1.29 is 18.8 Å². The molecular weight excluding hydrogens is 301 g/mol. The largest absolute Gasteiger partial charge is 0.338 e. The third-order valence-electron chi connectivity index (χ3n) is 3.86. The molecule has 0 radical (unpaired) electrons. The number of carbonyl (C=O) groups is 3. The Labute approximate surface area is 131 Å². The smallest absolute Gasteiger partial charge is 0.290 e. The lowest BCUT2D eigenvalue weighted by Crippen LogP contribution is -2.26. The summed E-state index contributed by atoms with van der Waals surface area (Å²) in [5.74, 6) is -3.09. The second-order valence-corrected chi connectivity index (χ2v) is 5.47. The Morgan fingerprint density at radius 1 is 1.26 bits per heavy atom. The molecule has 1 amide bonds. The van der Waals surface area contributed by atoms with Gasteiger partial charge in [0.25, 0.3) is 5.91 Å². The number of amides is 1. The van der Waals surface area contributed by atoms with Crippen molar-refractivity contribution in [2.45, 2.75) is 6.54 Å². The van der Waals surface area contributed by atoms with Crippen molar-refractivity contribution in [3.05, 3.63) is 53.6 Å². The molecule has 1 aliphatic heterocycles. The summed E-state index contributed by atoms with van der Waals surface area (Å²) in [6.07, 6.45) is 1.46. The van der Waals surface area contributed by atoms with E-state index in [4.69, 9.17) is 0 Å². The highest BCUT2D eigenvalue weighted by Crippen LogP contribution is 2.18. The minimum absolute atomic E-state index is 0.0816. The first-order valence-electron chi connectivity index (χ1n) is 7.07. The van der Waals surface area contributed by atoms with Gasteiger partial charge in [0.2, 0.25) is 5.78 Å². The number of carbonyl (C=O) groups excluding carboxylic acids is 3. The molecule has 2 heterocycles. The molecule has 1 aliphatic rings. The summed E-state index contributed by atoms with van der Waals surface area (Å²) in [7, 11) is 1.49. The molecule has 1 unspecified atom stereocenters. The summed E-state index contributed by atoms with van der Waals surface area (Å²) in [5, 5.41) is 4.08. The maximum atomic E-state index is 12.9. The number of halogens is 1. The van der Waals surface area contributed by atoms with Crippen LogP contribution >= 0.6 is 0 Å². The van der Waals surface area contributed by atoms with Crippen LogP contribution in [0.4, 0.5) is 4.39 Å². The lowest BCUT2D eigenvalue weighted by atomic mass is 9.99. The molecule has 0 bridgehead atoms. The van der Waals surface area contributed by atoms with Crippen LogP contribution in [-0.4, -0.2) is 45.7 Å².